The molecule has 2 saturated heterocycles. The first-order valence-electron chi connectivity index (χ1n) is 8.14. The summed E-state index contributed by atoms with van der Waals surface area (Å²) < 4.78 is 5.41. The van der Waals surface area contributed by atoms with Crippen molar-refractivity contribution in [2.24, 2.45) is 5.41 Å². The fourth-order valence-corrected chi connectivity index (χ4v) is 3.70. The van der Waals surface area contributed by atoms with Gasteiger partial charge in [-0.2, -0.15) is 0 Å². The predicted molar refractivity (Wildman–Crippen MR) is 87.4 cm³/mol. The van der Waals surface area contributed by atoms with Gasteiger partial charge in [-0.3, -0.25) is 4.79 Å². The van der Waals surface area contributed by atoms with Gasteiger partial charge in [0, 0.05) is 19.6 Å². The first-order valence-corrected chi connectivity index (χ1v) is 8.67. The second kappa shape index (κ2) is 6.85. The number of amides is 2. The summed E-state index contributed by atoms with van der Waals surface area (Å²) >= 11 is 5.67. The Morgan fingerprint density at radius 3 is 2.39 bits per heavy atom. The maximum absolute atomic E-state index is 12.1. The minimum atomic E-state index is -0.495. The lowest BCUT2D eigenvalue weighted by Crippen LogP contribution is -2.46. The smallest absolute Gasteiger partial charge is 0.410 e. The number of aliphatic hydroxyl groups is 1. The van der Waals surface area contributed by atoms with Crippen LogP contribution in [0.4, 0.5) is 4.79 Å². The van der Waals surface area contributed by atoms with Gasteiger partial charge in [0.2, 0.25) is 5.91 Å². The van der Waals surface area contributed by atoms with Gasteiger partial charge in [-0.05, 0) is 45.4 Å². The van der Waals surface area contributed by atoms with E-state index in [1.807, 2.05) is 20.8 Å². The van der Waals surface area contributed by atoms with E-state index >= 15 is 0 Å². The van der Waals surface area contributed by atoms with Crippen molar-refractivity contribution in [3.05, 3.63) is 0 Å². The Hall–Kier alpha value is -1.01. The number of piperidine rings is 1. The van der Waals surface area contributed by atoms with Crippen molar-refractivity contribution >= 4 is 23.6 Å². The summed E-state index contributed by atoms with van der Waals surface area (Å²) in [6, 6.07) is -0.158. The normalized spacial score (nSPS) is 24.1. The molecule has 1 N–H and O–H groups in total. The molecule has 0 aliphatic carbocycles. The van der Waals surface area contributed by atoms with Crippen LogP contribution in [-0.4, -0.2) is 70.7 Å². The maximum atomic E-state index is 12.1. The molecule has 132 valence electrons. The van der Waals surface area contributed by atoms with Crippen LogP contribution < -0.4 is 0 Å². The van der Waals surface area contributed by atoms with Crippen molar-refractivity contribution in [1.82, 2.24) is 9.80 Å². The van der Waals surface area contributed by atoms with Crippen molar-refractivity contribution in [1.29, 1.82) is 0 Å². The maximum Gasteiger partial charge on any atom is 0.410 e. The molecule has 2 rings (SSSR count). The van der Waals surface area contributed by atoms with Gasteiger partial charge in [-0.1, -0.05) is 0 Å². The Bertz CT molecular complexity index is 455. The molecule has 1 unspecified atom stereocenters. The van der Waals surface area contributed by atoms with Crippen LogP contribution in [0, 0.1) is 5.41 Å². The number of carbonyl (C=O) groups excluding carboxylic acids is 2. The van der Waals surface area contributed by atoms with E-state index in [4.69, 9.17) is 16.3 Å². The molecule has 0 radical (unpaired) electrons. The number of carbonyl (C=O) groups is 2. The standard InChI is InChI=1S/C16H27ClN2O4/c1-15(2,3)23-14(22)18-6-4-16(5-7-18)8-12(10-20)19(11-16)13(21)9-17/h12,20H,4-11H2,1-3H3. The number of likely N-dealkylation sites (tertiary alicyclic amines) is 2. The summed E-state index contributed by atoms with van der Waals surface area (Å²) in [7, 11) is 0. The van der Waals surface area contributed by atoms with E-state index in [-0.39, 0.29) is 35.9 Å². The van der Waals surface area contributed by atoms with Gasteiger partial charge in [0.1, 0.15) is 11.5 Å². The van der Waals surface area contributed by atoms with E-state index in [2.05, 4.69) is 0 Å². The number of nitrogens with zero attached hydrogens (tertiary/aromatic N) is 2. The largest absolute Gasteiger partial charge is 0.444 e. The summed E-state index contributed by atoms with van der Waals surface area (Å²) in [5, 5.41) is 9.54. The average Bonchev–Trinajstić information content (AvgIpc) is 2.84. The fraction of sp³-hybridized carbons (Fsp3) is 0.875. The molecule has 0 aromatic heterocycles. The number of rotatable bonds is 2. The molecule has 23 heavy (non-hydrogen) atoms. The third-order valence-corrected chi connectivity index (χ3v) is 4.97. The van der Waals surface area contributed by atoms with Crippen LogP contribution in [0.5, 0.6) is 0 Å². The molecule has 6 nitrogen and oxygen atoms in total. The van der Waals surface area contributed by atoms with Crippen LogP contribution in [0.1, 0.15) is 40.0 Å². The van der Waals surface area contributed by atoms with E-state index in [0.717, 1.165) is 19.3 Å². The number of ether oxygens (including phenoxy) is 1. The zero-order chi connectivity index (χ0) is 17.3. The van der Waals surface area contributed by atoms with Gasteiger partial charge in [0.05, 0.1) is 12.6 Å². The molecular weight excluding hydrogens is 320 g/mol. The van der Waals surface area contributed by atoms with Gasteiger partial charge >= 0.3 is 6.09 Å². The SMILES string of the molecule is CC(C)(C)OC(=O)N1CCC2(CC1)CC(CO)N(C(=O)CCl)C2. The zero-order valence-electron chi connectivity index (χ0n) is 14.2. The summed E-state index contributed by atoms with van der Waals surface area (Å²) in [6.07, 6.45) is 2.12. The number of hydrogen-bond acceptors (Lipinski definition) is 4. The Labute approximate surface area is 142 Å². The lowest BCUT2D eigenvalue weighted by molar-refractivity contribution is -0.130. The van der Waals surface area contributed by atoms with Crippen molar-refractivity contribution in [3.63, 3.8) is 0 Å². The van der Waals surface area contributed by atoms with Crippen molar-refractivity contribution < 1.29 is 19.4 Å². The van der Waals surface area contributed by atoms with Crippen LogP contribution in [-0.2, 0) is 9.53 Å². The highest BCUT2D eigenvalue weighted by molar-refractivity contribution is 6.27. The van der Waals surface area contributed by atoms with Crippen molar-refractivity contribution in [2.45, 2.75) is 51.7 Å². The summed E-state index contributed by atoms with van der Waals surface area (Å²) in [5.74, 6) is -0.187. The number of aliphatic hydroxyl groups excluding tert-OH is 1. The first-order chi connectivity index (χ1) is 10.7. The molecule has 0 bridgehead atoms. The van der Waals surface area contributed by atoms with Crippen LogP contribution in [0.15, 0.2) is 0 Å². The topological polar surface area (TPSA) is 70.1 Å². The molecule has 0 aromatic rings. The molecule has 2 aliphatic heterocycles. The molecule has 2 heterocycles. The molecule has 0 saturated carbocycles. The lowest BCUT2D eigenvalue weighted by atomic mass is 9.77. The molecule has 2 aliphatic rings. The van der Waals surface area contributed by atoms with Gasteiger partial charge in [-0.25, -0.2) is 4.79 Å². The first kappa shape index (κ1) is 18.3. The monoisotopic (exact) mass is 346 g/mol. The highest BCUT2D eigenvalue weighted by atomic mass is 35.5. The van der Waals surface area contributed by atoms with Crippen molar-refractivity contribution in [3.8, 4) is 0 Å². The third kappa shape index (κ3) is 4.29. The quantitative estimate of drug-likeness (QED) is 0.774. The van der Waals surface area contributed by atoms with Gasteiger partial charge in [0.25, 0.3) is 0 Å². The molecule has 1 spiro atoms. The molecule has 7 heteroatoms. The van der Waals surface area contributed by atoms with E-state index in [9.17, 15) is 14.7 Å². The third-order valence-electron chi connectivity index (χ3n) is 4.74. The predicted octanol–water partition coefficient (Wildman–Crippen LogP) is 1.84. The van der Waals surface area contributed by atoms with Crippen molar-refractivity contribution in [2.75, 3.05) is 32.1 Å². The van der Waals surface area contributed by atoms with Gasteiger partial charge < -0.3 is 19.6 Å². The Morgan fingerprint density at radius 2 is 1.91 bits per heavy atom. The molecule has 0 aromatic carbocycles. The molecule has 2 amide bonds. The fourth-order valence-electron chi connectivity index (χ4n) is 3.55. The highest BCUT2D eigenvalue weighted by Gasteiger charge is 2.47. The van der Waals surface area contributed by atoms with Crippen LogP contribution >= 0.6 is 11.6 Å². The number of alkyl halides is 1. The summed E-state index contributed by atoms with van der Waals surface area (Å²) in [6.45, 7) is 7.39. The Kier molecular flexibility index (Phi) is 5.46. The number of hydrogen-bond donors (Lipinski definition) is 1. The second-order valence-electron chi connectivity index (χ2n) is 7.66. The summed E-state index contributed by atoms with van der Waals surface area (Å²) in [5.41, 5.74) is -0.515. The minimum Gasteiger partial charge on any atom is -0.444 e. The highest BCUT2D eigenvalue weighted by Crippen LogP contribution is 2.43. The van der Waals surface area contributed by atoms with E-state index in [0.29, 0.717) is 19.6 Å². The van der Waals surface area contributed by atoms with Crippen LogP contribution in [0.25, 0.3) is 0 Å². The molecule has 1 atom stereocenters. The average molecular weight is 347 g/mol. The lowest BCUT2D eigenvalue weighted by Gasteiger charge is -2.39. The second-order valence-corrected chi connectivity index (χ2v) is 7.93. The zero-order valence-corrected chi connectivity index (χ0v) is 14.9. The summed E-state index contributed by atoms with van der Waals surface area (Å²) in [4.78, 5) is 27.5. The number of halogens is 1. The van der Waals surface area contributed by atoms with Gasteiger partial charge in [0.15, 0.2) is 0 Å². The minimum absolute atomic E-state index is 0.0202. The van der Waals surface area contributed by atoms with E-state index < -0.39 is 5.60 Å². The van der Waals surface area contributed by atoms with E-state index in [1.165, 1.54) is 0 Å². The van der Waals surface area contributed by atoms with Crippen LogP contribution in [0.3, 0.4) is 0 Å². The van der Waals surface area contributed by atoms with Gasteiger partial charge in [-0.15, -0.1) is 11.6 Å². The molecule has 2 fully saturated rings. The Balaban J connectivity index is 1.96. The van der Waals surface area contributed by atoms with E-state index in [1.54, 1.807) is 9.80 Å². The van der Waals surface area contributed by atoms with Crippen LogP contribution in [0.2, 0.25) is 0 Å². The Morgan fingerprint density at radius 1 is 1.30 bits per heavy atom. The molecular formula is C16H27ClN2O4.